The highest BCUT2D eigenvalue weighted by molar-refractivity contribution is 7.13. The Labute approximate surface area is 172 Å². The first-order valence-corrected chi connectivity index (χ1v) is 10.3. The predicted molar refractivity (Wildman–Crippen MR) is 115 cm³/mol. The lowest BCUT2D eigenvalue weighted by atomic mass is 10.1. The van der Waals surface area contributed by atoms with Crippen molar-refractivity contribution < 1.29 is 9.90 Å². The van der Waals surface area contributed by atoms with Gasteiger partial charge in [0.2, 0.25) is 0 Å². The van der Waals surface area contributed by atoms with Gasteiger partial charge in [0.05, 0.1) is 35.1 Å². The van der Waals surface area contributed by atoms with E-state index >= 15 is 0 Å². The molecule has 4 rings (SSSR count). The smallest absolute Gasteiger partial charge is 0.276 e. The summed E-state index contributed by atoms with van der Waals surface area (Å²) in [5.41, 5.74) is 3.10. The Morgan fingerprint density at radius 2 is 2.03 bits per heavy atom. The van der Waals surface area contributed by atoms with Crippen molar-refractivity contribution in [2.24, 2.45) is 0 Å². The maximum Gasteiger partial charge on any atom is 0.276 e. The highest BCUT2D eigenvalue weighted by atomic mass is 32.1. The molecule has 0 bridgehead atoms. The molecule has 3 aromatic rings. The van der Waals surface area contributed by atoms with Gasteiger partial charge in [0, 0.05) is 37.9 Å². The van der Waals surface area contributed by atoms with Crippen LogP contribution < -0.4 is 15.5 Å². The Morgan fingerprint density at radius 1 is 1.21 bits per heavy atom. The van der Waals surface area contributed by atoms with Crippen molar-refractivity contribution in [3.8, 4) is 10.7 Å². The van der Waals surface area contributed by atoms with E-state index in [1.807, 2.05) is 23.6 Å². The van der Waals surface area contributed by atoms with E-state index in [1.165, 1.54) is 11.3 Å². The van der Waals surface area contributed by atoms with Gasteiger partial charge in [-0.15, -0.1) is 11.3 Å². The number of hydrogen-bond acceptors (Lipinski definition) is 8. The van der Waals surface area contributed by atoms with Crippen LogP contribution in [0.15, 0.2) is 42.2 Å². The van der Waals surface area contributed by atoms with Crippen LogP contribution >= 0.6 is 11.3 Å². The van der Waals surface area contributed by atoms with Crippen LogP contribution in [-0.4, -0.2) is 52.2 Å². The topological polar surface area (TPSA) is 103 Å². The van der Waals surface area contributed by atoms with Gasteiger partial charge >= 0.3 is 0 Å². The summed E-state index contributed by atoms with van der Waals surface area (Å²) in [4.78, 5) is 28.2. The Hall–Kier alpha value is -3.04. The predicted octanol–water partition coefficient (Wildman–Crippen LogP) is 2.86. The molecule has 1 fully saturated rings. The van der Waals surface area contributed by atoms with Crippen LogP contribution in [0, 0.1) is 0 Å². The number of pyridine rings is 2. The first-order chi connectivity index (χ1) is 14.2. The van der Waals surface area contributed by atoms with E-state index in [0.717, 1.165) is 23.8 Å². The van der Waals surface area contributed by atoms with E-state index in [0.29, 0.717) is 35.6 Å². The summed E-state index contributed by atoms with van der Waals surface area (Å²) in [5.74, 6) is -0.320. The molecule has 0 spiro atoms. The molecule has 1 aliphatic rings. The minimum atomic E-state index is -0.320. The highest BCUT2D eigenvalue weighted by Crippen LogP contribution is 2.29. The van der Waals surface area contributed by atoms with E-state index in [4.69, 9.17) is 0 Å². The number of amides is 1. The van der Waals surface area contributed by atoms with Crippen LogP contribution in [-0.2, 0) is 0 Å². The normalized spacial score (nSPS) is 14.6. The lowest BCUT2D eigenvalue weighted by Gasteiger charge is -2.32. The maximum absolute atomic E-state index is 13.1. The average Bonchev–Trinajstić information content (AvgIpc) is 3.29. The maximum atomic E-state index is 13.1. The third-order valence-electron chi connectivity index (χ3n) is 4.88. The van der Waals surface area contributed by atoms with Gasteiger partial charge in [-0.25, -0.2) is 9.97 Å². The first-order valence-electron chi connectivity index (χ1n) is 9.42. The summed E-state index contributed by atoms with van der Waals surface area (Å²) >= 11 is 1.47. The number of nitrogens with zero attached hydrogens (tertiary/aromatic N) is 4. The van der Waals surface area contributed by atoms with Gasteiger partial charge in [0.15, 0.2) is 5.69 Å². The zero-order valence-corrected chi connectivity index (χ0v) is 16.8. The van der Waals surface area contributed by atoms with E-state index in [-0.39, 0.29) is 12.0 Å². The monoisotopic (exact) mass is 410 g/mol. The van der Waals surface area contributed by atoms with Crippen LogP contribution in [0.5, 0.6) is 0 Å². The van der Waals surface area contributed by atoms with Crippen molar-refractivity contribution in [3.63, 3.8) is 0 Å². The molecule has 0 unspecified atom stereocenters. The number of carbonyl (C=O) groups is 1. The zero-order chi connectivity index (χ0) is 20.2. The first kappa shape index (κ1) is 19.3. The molecule has 29 heavy (non-hydrogen) atoms. The van der Waals surface area contributed by atoms with E-state index in [1.54, 1.807) is 25.6 Å². The van der Waals surface area contributed by atoms with Crippen LogP contribution in [0.1, 0.15) is 23.3 Å². The van der Waals surface area contributed by atoms with Gasteiger partial charge in [0.25, 0.3) is 5.91 Å². The quantitative estimate of drug-likeness (QED) is 0.594. The molecule has 0 aliphatic carbocycles. The molecule has 3 N–H and O–H groups in total. The van der Waals surface area contributed by atoms with Crippen molar-refractivity contribution >= 4 is 34.3 Å². The molecule has 1 saturated heterocycles. The highest BCUT2D eigenvalue weighted by Gasteiger charge is 2.22. The van der Waals surface area contributed by atoms with E-state index in [2.05, 4.69) is 30.5 Å². The fraction of sp³-hybridized carbons (Fsp3) is 0.300. The lowest BCUT2D eigenvalue weighted by molar-refractivity contribution is 0.102. The Kier molecular flexibility index (Phi) is 5.68. The Bertz CT molecular complexity index is 986. The molecular weight excluding hydrogens is 388 g/mol. The van der Waals surface area contributed by atoms with Gasteiger partial charge in [0.1, 0.15) is 5.01 Å². The molecule has 0 atom stereocenters. The number of nitrogens with one attached hydrogen (secondary N) is 2. The summed E-state index contributed by atoms with van der Waals surface area (Å²) in [6.07, 6.45) is 6.21. The second-order valence-corrected chi connectivity index (χ2v) is 7.64. The molecule has 3 aromatic heterocycles. The van der Waals surface area contributed by atoms with Gasteiger partial charge in [-0.1, -0.05) is 0 Å². The molecule has 0 saturated carbocycles. The molecule has 1 amide bonds. The number of aromatic nitrogens is 3. The fourth-order valence-corrected chi connectivity index (χ4v) is 3.96. The molecule has 0 aromatic carbocycles. The minimum Gasteiger partial charge on any atom is -0.393 e. The second-order valence-electron chi connectivity index (χ2n) is 6.75. The van der Waals surface area contributed by atoms with Gasteiger partial charge in [-0.05, 0) is 31.0 Å². The van der Waals surface area contributed by atoms with Crippen LogP contribution in [0.25, 0.3) is 10.7 Å². The van der Waals surface area contributed by atoms with Crippen molar-refractivity contribution in [2.45, 2.75) is 18.9 Å². The Balaban J connectivity index is 1.61. The van der Waals surface area contributed by atoms with Gasteiger partial charge in [-0.2, -0.15) is 0 Å². The van der Waals surface area contributed by atoms with Crippen molar-refractivity contribution in [2.75, 3.05) is 35.7 Å². The van der Waals surface area contributed by atoms with Crippen molar-refractivity contribution in [1.29, 1.82) is 0 Å². The summed E-state index contributed by atoms with van der Waals surface area (Å²) in [6.45, 7) is 1.46. The third-order valence-corrected chi connectivity index (χ3v) is 5.68. The number of anilines is 3. The summed E-state index contributed by atoms with van der Waals surface area (Å²) in [5, 5.41) is 18.4. The molecule has 4 heterocycles. The average molecular weight is 411 g/mol. The van der Waals surface area contributed by atoms with Crippen molar-refractivity contribution in [3.05, 3.63) is 47.9 Å². The summed E-state index contributed by atoms with van der Waals surface area (Å²) < 4.78 is 0. The number of thiazole rings is 1. The third kappa shape index (κ3) is 4.20. The van der Waals surface area contributed by atoms with E-state index in [9.17, 15) is 9.90 Å². The number of aliphatic hydroxyl groups excluding tert-OH is 1. The number of piperidine rings is 1. The molecule has 8 nitrogen and oxygen atoms in total. The summed E-state index contributed by atoms with van der Waals surface area (Å²) in [7, 11) is 1.76. The fourth-order valence-electron chi connectivity index (χ4n) is 3.35. The van der Waals surface area contributed by atoms with E-state index < -0.39 is 0 Å². The minimum absolute atomic E-state index is 0.262. The van der Waals surface area contributed by atoms with Crippen LogP contribution in [0.4, 0.5) is 17.1 Å². The zero-order valence-electron chi connectivity index (χ0n) is 16.0. The molecule has 0 radical (unpaired) electrons. The Morgan fingerprint density at radius 3 is 2.76 bits per heavy atom. The van der Waals surface area contributed by atoms with Gasteiger partial charge in [-0.3, -0.25) is 9.78 Å². The standard InChI is InChI=1S/C20H22N6O2S/c1-21-14-2-3-15(20-23-8-11-29-20)24-18(14)19(28)25-16-12-22-7-4-17(16)26-9-5-13(27)6-10-26/h2-4,7-8,11-13,21,27H,5-6,9-10H2,1H3,(H,25,28). The van der Waals surface area contributed by atoms with Crippen LogP contribution in [0.2, 0.25) is 0 Å². The van der Waals surface area contributed by atoms with Crippen molar-refractivity contribution in [1.82, 2.24) is 15.0 Å². The number of hydrogen-bond donors (Lipinski definition) is 3. The number of aliphatic hydroxyl groups is 1. The molecule has 1 aliphatic heterocycles. The van der Waals surface area contributed by atoms with Gasteiger partial charge < -0.3 is 20.6 Å². The number of rotatable bonds is 5. The SMILES string of the molecule is CNc1ccc(-c2nccs2)nc1C(=O)Nc1cnccc1N1CCC(O)CC1. The molecular formula is C20H22N6O2S. The van der Waals surface area contributed by atoms with Crippen LogP contribution in [0.3, 0.4) is 0 Å². The lowest BCUT2D eigenvalue weighted by Crippen LogP contribution is -2.36. The number of carbonyl (C=O) groups excluding carboxylic acids is 1. The second kappa shape index (κ2) is 8.54. The summed E-state index contributed by atoms with van der Waals surface area (Å²) in [6, 6.07) is 5.55. The molecule has 9 heteroatoms. The molecule has 150 valence electrons. The largest absolute Gasteiger partial charge is 0.393 e.